The summed E-state index contributed by atoms with van der Waals surface area (Å²) >= 11 is 0. The van der Waals surface area contributed by atoms with Gasteiger partial charge in [0.2, 0.25) is 0 Å². The Bertz CT molecular complexity index is 436. The van der Waals surface area contributed by atoms with E-state index in [0.29, 0.717) is 6.04 Å². The van der Waals surface area contributed by atoms with Gasteiger partial charge in [-0.05, 0) is 59.6 Å². The molecule has 0 aromatic heterocycles. The Morgan fingerprint density at radius 1 is 1.00 bits per heavy atom. The van der Waals surface area contributed by atoms with Crippen LogP contribution in [0.2, 0.25) is 0 Å². The molecule has 1 rings (SSSR count). The maximum atomic E-state index is 4.61. The van der Waals surface area contributed by atoms with Gasteiger partial charge >= 0.3 is 0 Å². The van der Waals surface area contributed by atoms with Crippen molar-refractivity contribution >= 4 is 11.6 Å². The van der Waals surface area contributed by atoms with Gasteiger partial charge in [0, 0.05) is 17.8 Å². The number of anilines is 1. The summed E-state index contributed by atoms with van der Waals surface area (Å²) in [6.45, 7) is 14.8. The Balaban J connectivity index is 3.03. The lowest BCUT2D eigenvalue weighted by Crippen LogP contribution is -2.37. The van der Waals surface area contributed by atoms with Gasteiger partial charge in [-0.2, -0.15) is 0 Å². The first-order valence-electron chi connectivity index (χ1n) is 6.98. The van der Waals surface area contributed by atoms with Crippen molar-refractivity contribution in [3.05, 3.63) is 28.8 Å². The van der Waals surface area contributed by atoms with E-state index in [1.807, 2.05) is 0 Å². The molecule has 0 aliphatic carbocycles. The topological polar surface area (TPSA) is 36.4 Å². The molecule has 0 spiro atoms. The van der Waals surface area contributed by atoms with Gasteiger partial charge in [0.25, 0.3) is 0 Å². The maximum absolute atomic E-state index is 4.61. The van der Waals surface area contributed by atoms with E-state index in [1.54, 1.807) is 0 Å². The van der Waals surface area contributed by atoms with E-state index in [1.165, 1.54) is 16.7 Å². The molecule has 1 aromatic carbocycles. The Morgan fingerprint density at radius 2 is 1.53 bits per heavy atom. The predicted molar refractivity (Wildman–Crippen MR) is 85.1 cm³/mol. The zero-order chi connectivity index (χ0) is 14.6. The number of hydrogen-bond acceptors (Lipinski definition) is 1. The van der Waals surface area contributed by atoms with Gasteiger partial charge in [-0.3, -0.25) is 4.99 Å². The van der Waals surface area contributed by atoms with E-state index >= 15 is 0 Å². The minimum Gasteiger partial charge on any atom is -0.354 e. The molecule has 0 saturated heterocycles. The molecular formula is C16H27N3. The molecule has 0 unspecified atom stereocenters. The van der Waals surface area contributed by atoms with Gasteiger partial charge in [-0.1, -0.05) is 17.7 Å². The van der Waals surface area contributed by atoms with Gasteiger partial charge < -0.3 is 10.6 Å². The maximum Gasteiger partial charge on any atom is 0.196 e. The number of nitrogens with zero attached hydrogens (tertiary/aromatic N) is 1. The number of guanidine groups is 1. The Morgan fingerprint density at radius 3 is 1.95 bits per heavy atom. The number of hydrogen-bond donors (Lipinski definition) is 2. The molecule has 106 valence electrons. The number of aliphatic imine (C=N–C) groups is 1. The molecule has 3 heteroatoms. The van der Waals surface area contributed by atoms with E-state index in [9.17, 15) is 0 Å². The molecule has 0 fully saturated rings. The summed E-state index contributed by atoms with van der Waals surface area (Å²) in [5.74, 6) is 0.847. The molecule has 0 amide bonds. The standard InChI is InChI=1S/C16H27N3/c1-10(2)17-16(18-11(3)4)19-15-13(6)8-12(5)9-14(15)7/h8-11H,1-7H3,(H2,17,18,19). The summed E-state index contributed by atoms with van der Waals surface area (Å²) in [4.78, 5) is 4.61. The molecule has 0 aliphatic heterocycles. The second-order valence-corrected chi connectivity index (χ2v) is 5.77. The molecule has 19 heavy (non-hydrogen) atoms. The van der Waals surface area contributed by atoms with Crippen molar-refractivity contribution in [2.75, 3.05) is 5.32 Å². The highest BCUT2D eigenvalue weighted by atomic mass is 15.2. The van der Waals surface area contributed by atoms with Gasteiger partial charge in [-0.25, -0.2) is 0 Å². The van der Waals surface area contributed by atoms with Gasteiger partial charge in [0.1, 0.15) is 0 Å². The van der Waals surface area contributed by atoms with Crippen molar-refractivity contribution in [2.24, 2.45) is 4.99 Å². The summed E-state index contributed by atoms with van der Waals surface area (Å²) in [6.07, 6.45) is 0. The van der Waals surface area contributed by atoms with Crippen LogP contribution in [0, 0.1) is 20.8 Å². The third kappa shape index (κ3) is 4.93. The molecule has 2 N–H and O–H groups in total. The molecule has 0 atom stereocenters. The smallest absolute Gasteiger partial charge is 0.196 e. The molecule has 0 radical (unpaired) electrons. The second kappa shape index (κ2) is 6.60. The highest BCUT2D eigenvalue weighted by molar-refractivity contribution is 5.95. The molecule has 0 saturated carbocycles. The lowest BCUT2D eigenvalue weighted by Gasteiger charge is -2.19. The normalized spacial score (nSPS) is 12.2. The number of aryl methyl sites for hydroxylation is 3. The number of rotatable bonds is 3. The lowest BCUT2D eigenvalue weighted by atomic mass is 10.1. The Kier molecular flexibility index (Phi) is 5.40. The highest BCUT2D eigenvalue weighted by Gasteiger charge is 2.08. The van der Waals surface area contributed by atoms with E-state index < -0.39 is 0 Å². The summed E-state index contributed by atoms with van der Waals surface area (Å²) in [5, 5.41) is 6.81. The van der Waals surface area contributed by atoms with Crippen LogP contribution in [0.4, 0.5) is 5.69 Å². The third-order valence-corrected chi connectivity index (χ3v) is 2.73. The summed E-state index contributed by atoms with van der Waals surface area (Å²) < 4.78 is 0. The second-order valence-electron chi connectivity index (χ2n) is 5.77. The van der Waals surface area contributed by atoms with Crippen molar-refractivity contribution in [2.45, 2.75) is 60.5 Å². The van der Waals surface area contributed by atoms with Crippen molar-refractivity contribution in [3.8, 4) is 0 Å². The van der Waals surface area contributed by atoms with Crippen LogP contribution in [0.1, 0.15) is 44.4 Å². The van der Waals surface area contributed by atoms with Crippen LogP contribution >= 0.6 is 0 Å². The summed E-state index contributed by atoms with van der Waals surface area (Å²) in [7, 11) is 0. The average molecular weight is 261 g/mol. The lowest BCUT2D eigenvalue weighted by molar-refractivity contribution is 0.717. The average Bonchev–Trinajstić information content (AvgIpc) is 2.21. The van der Waals surface area contributed by atoms with E-state index in [2.05, 4.69) is 76.2 Å². The van der Waals surface area contributed by atoms with E-state index in [0.717, 1.165) is 11.6 Å². The van der Waals surface area contributed by atoms with Gasteiger partial charge in [0.15, 0.2) is 5.96 Å². The molecule has 0 heterocycles. The fraction of sp³-hybridized carbons (Fsp3) is 0.562. The number of nitrogens with one attached hydrogen (secondary N) is 2. The largest absolute Gasteiger partial charge is 0.354 e. The SMILES string of the molecule is Cc1cc(C)c(NC(=NC(C)C)NC(C)C)c(C)c1. The van der Waals surface area contributed by atoms with E-state index in [4.69, 9.17) is 0 Å². The monoisotopic (exact) mass is 261 g/mol. The van der Waals surface area contributed by atoms with Crippen molar-refractivity contribution in [1.29, 1.82) is 0 Å². The van der Waals surface area contributed by atoms with Crippen LogP contribution in [0.5, 0.6) is 0 Å². The van der Waals surface area contributed by atoms with Crippen LogP contribution in [0.15, 0.2) is 17.1 Å². The molecule has 3 nitrogen and oxygen atoms in total. The van der Waals surface area contributed by atoms with Crippen LogP contribution in [-0.4, -0.2) is 18.0 Å². The first-order valence-corrected chi connectivity index (χ1v) is 6.98. The first-order chi connectivity index (χ1) is 8.79. The van der Waals surface area contributed by atoms with Gasteiger partial charge in [-0.15, -0.1) is 0 Å². The summed E-state index contributed by atoms with van der Waals surface area (Å²) in [5.41, 5.74) is 4.94. The first kappa shape index (κ1) is 15.5. The molecule has 0 bridgehead atoms. The van der Waals surface area contributed by atoms with Crippen LogP contribution in [0.25, 0.3) is 0 Å². The Labute approximate surface area is 117 Å². The van der Waals surface area contributed by atoms with Gasteiger partial charge in [0.05, 0.1) is 0 Å². The van der Waals surface area contributed by atoms with Crippen LogP contribution in [0.3, 0.4) is 0 Å². The highest BCUT2D eigenvalue weighted by Crippen LogP contribution is 2.21. The number of benzene rings is 1. The van der Waals surface area contributed by atoms with Crippen molar-refractivity contribution < 1.29 is 0 Å². The quantitative estimate of drug-likeness (QED) is 0.641. The fourth-order valence-electron chi connectivity index (χ4n) is 2.13. The summed E-state index contributed by atoms with van der Waals surface area (Å²) in [6, 6.07) is 5.01. The fourth-order valence-corrected chi connectivity index (χ4v) is 2.13. The molecule has 1 aromatic rings. The zero-order valence-electron chi connectivity index (χ0n) is 13.3. The van der Waals surface area contributed by atoms with E-state index in [-0.39, 0.29) is 6.04 Å². The minimum absolute atomic E-state index is 0.264. The molecular weight excluding hydrogens is 234 g/mol. The third-order valence-electron chi connectivity index (χ3n) is 2.73. The zero-order valence-corrected chi connectivity index (χ0v) is 13.3. The predicted octanol–water partition coefficient (Wildman–Crippen LogP) is 3.79. The molecule has 0 aliphatic rings. The van der Waals surface area contributed by atoms with Crippen LogP contribution in [-0.2, 0) is 0 Å². The van der Waals surface area contributed by atoms with Crippen molar-refractivity contribution in [3.63, 3.8) is 0 Å². The van der Waals surface area contributed by atoms with Crippen molar-refractivity contribution in [1.82, 2.24) is 5.32 Å². The van der Waals surface area contributed by atoms with Crippen LogP contribution < -0.4 is 10.6 Å². The Hall–Kier alpha value is -1.51. The minimum atomic E-state index is 0.264.